The van der Waals surface area contributed by atoms with Crippen molar-refractivity contribution in [3.05, 3.63) is 35.4 Å². The lowest BCUT2D eigenvalue weighted by molar-refractivity contribution is -0.273. The van der Waals surface area contributed by atoms with E-state index in [1.165, 1.54) is 51.0 Å². The van der Waals surface area contributed by atoms with Crippen molar-refractivity contribution in [1.82, 2.24) is 5.32 Å². The molecule has 5 nitrogen and oxygen atoms in total. The summed E-state index contributed by atoms with van der Waals surface area (Å²) in [5.41, 5.74) is 1.43. The molecule has 1 fully saturated rings. The fourth-order valence-electron chi connectivity index (χ4n) is 3.83. The van der Waals surface area contributed by atoms with Crippen molar-refractivity contribution in [1.29, 1.82) is 0 Å². The van der Waals surface area contributed by atoms with Gasteiger partial charge in [-0.2, -0.15) is 0 Å². The summed E-state index contributed by atoms with van der Waals surface area (Å²) >= 11 is 0. The highest BCUT2D eigenvalue weighted by Gasteiger charge is 2.42. The lowest BCUT2D eigenvalue weighted by Crippen LogP contribution is -2.61. The lowest BCUT2D eigenvalue weighted by Gasteiger charge is -2.44. The van der Waals surface area contributed by atoms with E-state index in [9.17, 15) is 9.90 Å². The molecule has 0 radical (unpaired) electrons. The van der Waals surface area contributed by atoms with Gasteiger partial charge in [0, 0.05) is 13.3 Å². The summed E-state index contributed by atoms with van der Waals surface area (Å²) in [6.45, 7) is 8.04. The van der Waals surface area contributed by atoms with Gasteiger partial charge in [0.25, 0.3) is 0 Å². The van der Waals surface area contributed by atoms with E-state index in [1.807, 2.05) is 26.0 Å². The second-order valence-corrected chi connectivity index (χ2v) is 8.92. The number of nitrogens with one attached hydrogen (secondary N) is 1. The number of ether oxygens (including phenoxy) is 2. The van der Waals surface area contributed by atoms with Gasteiger partial charge in [0.1, 0.15) is 0 Å². The van der Waals surface area contributed by atoms with Crippen LogP contribution in [-0.2, 0) is 20.7 Å². The maximum absolute atomic E-state index is 11.7. The third-order valence-electron chi connectivity index (χ3n) is 5.60. The molecule has 2 rings (SSSR count). The average molecular weight is 406 g/mol. The number of rotatable bonds is 11. The van der Waals surface area contributed by atoms with Crippen LogP contribution in [0.2, 0.25) is 0 Å². The number of hydrogen-bond donors (Lipinski definition) is 2. The molecule has 1 aliphatic rings. The van der Waals surface area contributed by atoms with Crippen molar-refractivity contribution in [2.75, 3.05) is 13.2 Å². The van der Waals surface area contributed by atoms with Gasteiger partial charge in [-0.05, 0) is 37.8 Å². The molecule has 29 heavy (non-hydrogen) atoms. The van der Waals surface area contributed by atoms with Gasteiger partial charge < -0.3 is 19.9 Å². The van der Waals surface area contributed by atoms with E-state index >= 15 is 0 Å². The molecule has 1 atom stereocenters. The van der Waals surface area contributed by atoms with Gasteiger partial charge in [-0.1, -0.05) is 63.3 Å². The fourth-order valence-corrected chi connectivity index (χ4v) is 3.83. The first-order valence-electron chi connectivity index (χ1n) is 11.1. The van der Waals surface area contributed by atoms with E-state index in [4.69, 9.17) is 9.47 Å². The molecule has 0 spiro atoms. The van der Waals surface area contributed by atoms with Crippen molar-refractivity contribution in [3.63, 3.8) is 0 Å². The maximum Gasteiger partial charge on any atom is 0.217 e. The van der Waals surface area contributed by atoms with E-state index in [0.717, 1.165) is 12.0 Å². The van der Waals surface area contributed by atoms with E-state index in [-0.39, 0.29) is 5.91 Å². The molecular formula is C24H39NO4. The Hall–Kier alpha value is -1.43. The number of aryl methyl sites for hydroxylation is 1. The number of aliphatic hydroxyl groups excluding tert-OH is 1. The highest BCUT2D eigenvalue weighted by Crippen LogP contribution is 2.31. The quantitative estimate of drug-likeness (QED) is 0.525. The minimum absolute atomic E-state index is 0.154. The normalized spacial score (nSPS) is 18.9. The van der Waals surface area contributed by atoms with Crippen molar-refractivity contribution >= 4 is 5.91 Å². The highest BCUT2D eigenvalue weighted by molar-refractivity contribution is 5.73. The Balaban J connectivity index is 1.89. The van der Waals surface area contributed by atoms with Crippen molar-refractivity contribution in [2.24, 2.45) is 0 Å². The molecule has 0 aliphatic carbocycles. The van der Waals surface area contributed by atoms with Gasteiger partial charge in [-0.25, -0.2) is 0 Å². The van der Waals surface area contributed by atoms with Crippen LogP contribution in [0.25, 0.3) is 0 Å². The molecule has 1 amide bonds. The lowest BCUT2D eigenvalue weighted by atomic mass is 9.89. The average Bonchev–Trinajstić information content (AvgIpc) is 2.67. The Kier molecular flexibility index (Phi) is 9.12. The molecule has 1 aromatic carbocycles. The molecule has 5 heteroatoms. The van der Waals surface area contributed by atoms with E-state index in [0.29, 0.717) is 19.6 Å². The standard InChI is InChI=1S/C24H39NO4/c1-5-6-7-8-9-10-11-20-12-14-21(15-13-20)22(27)16-24(25-19(2)26)17-28-23(3,4)29-18-24/h12-15,22,27H,5-11,16-18H2,1-4H3,(H,25,26). The summed E-state index contributed by atoms with van der Waals surface area (Å²) in [6, 6.07) is 8.19. The number of carbonyl (C=O) groups is 1. The van der Waals surface area contributed by atoms with E-state index in [2.05, 4.69) is 24.4 Å². The first-order chi connectivity index (χ1) is 13.8. The number of carbonyl (C=O) groups excluding carboxylic acids is 1. The summed E-state index contributed by atoms with van der Waals surface area (Å²) in [5.74, 6) is -0.830. The third kappa shape index (κ3) is 8.07. The number of unbranched alkanes of at least 4 members (excludes halogenated alkanes) is 5. The van der Waals surface area contributed by atoms with Crippen molar-refractivity contribution < 1.29 is 19.4 Å². The van der Waals surface area contributed by atoms with E-state index in [1.54, 1.807) is 0 Å². The Bertz CT molecular complexity index is 616. The SMILES string of the molecule is CCCCCCCCc1ccc(C(O)CC2(NC(C)=O)COC(C)(C)OC2)cc1. The summed E-state index contributed by atoms with van der Waals surface area (Å²) < 4.78 is 11.5. The Morgan fingerprint density at radius 3 is 2.24 bits per heavy atom. The number of benzene rings is 1. The fraction of sp³-hybridized carbons (Fsp3) is 0.708. The molecule has 1 aliphatic heterocycles. The van der Waals surface area contributed by atoms with Gasteiger partial charge in [-0.15, -0.1) is 0 Å². The molecule has 0 aromatic heterocycles. The van der Waals surface area contributed by atoms with Crippen LogP contribution in [0.1, 0.15) is 89.9 Å². The molecule has 1 unspecified atom stereocenters. The Labute approximate surface area is 176 Å². The first kappa shape index (κ1) is 23.8. The number of hydrogen-bond acceptors (Lipinski definition) is 4. The summed E-state index contributed by atoms with van der Waals surface area (Å²) in [5, 5.41) is 13.8. The smallest absolute Gasteiger partial charge is 0.217 e. The zero-order valence-electron chi connectivity index (χ0n) is 18.6. The van der Waals surface area contributed by atoms with Crippen LogP contribution < -0.4 is 5.32 Å². The highest BCUT2D eigenvalue weighted by atomic mass is 16.7. The Morgan fingerprint density at radius 1 is 1.07 bits per heavy atom. The second-order valence-electron chi connectivity index (χ2n) is 8.92. The van der Waals surface area contributed by atoms with Gasteiger partial charge in [-0.3, -0.25) is 4.79 Å². The van der Waals surface area contributed by atoms with Gasteiger partial charge in [0.15, 0.2) is 5.79 Å². The molecule has 0 bridgehead atoms. The van der Waals surface area contributed by atoms with Crippen LogP contribution in [0.3, 0.4) is 0 Å². The third-order valence-corrected chi connectivity index (χ3v) is 5.60. The van der Waals surface area contributed by atoms with Crippen molar-refractivity contribution in [3.8, 4) is 0 Å². The van der Waals surface area contributed by atoms with Crippen LogP contribution >= 0.6 is 0 Å². The summed E-state index contributed by atoms with van der Waals surface area (Å²) in [6.07, 6.45) is 8.48. The van der Waals surface area contributed by atoms with Gasteiger partial charge in [0.2, 0.25) is 5.91 Å². The zero-order valence-corrected chi connectivity index (χ0v) is 18.6. The number of amides is 1. The topological polar surface area (TPSA) is 67.8 Å². The monoisotopic (exact) mass is 405 g/mol. The molecule has 1 saturated heterocycles. The molecule has 1 aromatic rings. The molecular weight excluding hydrogens is 366 g/mol. The van der Waals surface area contributed by atoms with Gasteiger partial charge >= 0.3 is 0 Å². The Morgan fingerprint density at radius 2 is 1.66 bits per heavy atom. The van der Waals surface area contributed by atoms with E-state index < -0.39 is 17.4 Å². The van der Waals surface area contributed by atoms with Crippen LogP contribution in [0.5, 0.6) is 0 Å². The van der Waals surface area contributed by atoms with Crippen LogP contribution in [0, 0.1) is 0 Å². The molecule has 164 valence electrons. The minimum atomic E-state index is -0.724. The first-order valence-corrected chi connectivity index (χ1v) is 11.1. The number of aliphatic hydroxyl groups is 1. The molecule has 1 heterocycles. The second kappa shape index (κ2) is 11.1. The van der Waals surface area contributed by atoms with Gasteiger partial charge in [0.05, 0.1) is 24.9 Å². The largest absolute Gasteiger partial charge is 0.388 e. The zero-order chi connectivity index (χ0) is 21.3. The summed E-state index contributed by atoms with van der Waals surface area (Å²) in [7, 11) is 0. The van der Waals surface area contributed by atoms with Crippen molar-refractivity contribution in [2.45, 2.75) is 96.5 Å². The van der Waals surface area contributed by atoms with Crippen LogP contribution in [0.15, 0.2) is 24.3 Å². The maximum atomic E-state index is 11.7. The predicted octanol–water partition coefficient (Wildman–Crippen LogP) is 4.67. The minimum Gasteiger partial charge on any atom is -0.388 e. The molecule has 0 saturated carbocycles. The van der Waals surface area contributed by atoms with Crippen LogP contribution in [0.4, 0.5) is 0 Å². The predicted molar refractivity (Wildman–Crippen MR) is 116 cm³/mol. The summed E-state index contributed by atoms with van der Waals surface area (Å²) in [4.78, 5) is 11.7. The molecule has 2 N–H and O–H groups in total. The van der Waals surface area contributed by atoms with Crippen LogP contribution in [-0.4, -0.2) is 35.6 Å².